The van der Waals surface area contributed by atoms with Gasteiger partial charge in [0.25, 0.3) is 0 Å². The molecule has 0 heteroatoms. The van der Waals surface area contributed by atoms with E-state index >= 15 is 0 Å². The number of rotatable bonds is 1. The average Bonchev–Trinajstić information content (AvgIpc) is 2.94. The van der Waals surface area contributed by atoms with Crippen molar-refractivity contribution in [3.63, 3.8) is 0 Å². The molecule has 0 bridgehead atoms. The number of aryl methyl sites for hydroxylation is 1. The molecule has 1 spiro atoms. The third-order valence-corrected chi connectivity index (χ3v) is 4.52. The smallest absolute Gasteiger partial charge is 0.00996 e. The van der Waals surface area contributed by atoms with Gasteiger partial charge in [0.15, 0.2) is 0 Å². The van der Waals surface area contributed by atoms with Crippen LogP contribution in [0.15, 0.2) is 24.3 Å². The molecule has 0 amide bonds. The van der Waals surface area contributed by atoms with Crippen molar-refractivity contribution in [2.45, 2.75) is 51.4 Å². The molecular weight excluding hydrogens is 180 g/mol. The van der Waals surface area contributed by atoms with Gasteiger partial charge < -0.3 is 0 Å². The highest BCUT2D eigenvalue weighted by molar-refractivity contribution is 5.32. The summed E-state index contributed by atoms with van der Waals surface area (Å²) in [5.41, 5.74) is 3.73. The molecule has 0 aliphatic heterocycles. The highest BCUT2D eigenvalue weighted by Gasteiger charge is 2.53. The normalized spacial score (nSPS) is 27.9. The maximum Gasteiger partial charge on any atom is -0.00996 e. The maximum atomic E-state index is 2.35. The Balaban J connectivity index is 1.77. The van der Waals surface area contributed by atoms with Crippen LogP contribution in [0.25, 0.3) is 0 Å². The predicted molar refractivity (Wildman–Crippen MR) is 64.1 cm³/mol. The second-order valence-electron chi connectivity index (χ2n) is 5.59. The van der Waals surface area contributed by atoms with Gasteiger partial charge in [-0.05, 0) is 43.1 Å². The fourth-order valence-electron chi connectivity index (χ4n) is 3.43. The molecule has 2 aliphatic rings. The van der Waals surface area contributed by atoms with E-state index in [0.29, 0.717) is 0 Å². The van der Waals surface area contributed by atoms with Crippen LogP contribution in [-0.2, 0) is 0 Å². The summed E-state index contributed by atoms with van der Waals surface area (Å²) in [6.07, 6.45) is 8.88. The fraction of sp³-hybridized carbons (Fsp3) is 0.600. The molecule has 0 saturated heterocycles. The number of hydrogen-bond donors (Lipinski definition) is 0. The van der Waals surface area contributed by atoms with Crippen molar-refractivity contribution in [3.8, 4) is 0 Å². The molecule has 1 aromatic rings. The molecule has 1 unspecified atom stereocenters. The van der Waals surface area contributed by atoms with E-state index in [2.05, 4.69) is 31.2 Å². The van der Waals surface area contributed by atoms with Gasteiger partial charge in [0.1, 0.15) is 0 Å². The van der Waals surface area contributed by atoms with E-state index in [4.69, 9.17) is 0 Å². The molecular formula is C15H20. The third kappa shape index (κ3) is 1.60. The summed E-state index contributed by atoms with van der Waals surface area (Å²) in [6, 6.07) is 9.24. The van der Waals surface area contributed by atoms with Gasteiger partial charge in [-0.1, -0.05) is 49.1 Å². The molecule has 0 N–H and O–H groups in total. The number of hydrogen-bond acceptors (Lipinski definition) is 0. The van der Waals surface area contributed by atoms with Crippen molar-refractivity contribution in [2.75, 3.05) is 0 Å². The summed E-state index contributed by atoms with van der Waals surface area (Å²) in [7, 11) is 0. The Morgan fingerprint density at radius 1 is 1.00 bits per heavy atom. The van der Waals surface area contributed by atoms with Crippen molar-refractivity contribution in [1.82, 2.24) is 0 Å². The van der Waals surface area contributed by atoms with E-state index in [1.54, 1.807) is 5.56 Å². The van der Waals surface area contributed by atoms with Crippen LogP contribution in [0, 0.1) is 12.3 Å². The minimum absolute atomic E-state index is 0.744. The Hall–Kier alpha value is -0.780. The summed E-state index contributed by atoms with van der Waals surface area (Å²) in [5, 5.41) is 0. The predicted octanol–water partition coefficient (Wildman–Crippen LogP) is 4.43. The Bertz CT molecular complexity index is 341. The Kier molecular flexibility index (Phi) is 2.12. The SMILES string of the molecule is Cc1ccc(C2CC23CCCCC3)cc1. The first-order chi connectivity index (χ1) is 7.30. The molecule has 1 aromatic carbocycles. The monoisotopic (exact) mass is 200 g/mol. The summed E-state index contributed by atoms with van der Waals surface area (Å²) in [4.78, 5) is 0. The zero-order valence-corrected chi connectivity index (χ0v) is 9.63. The lowest BCUT2D eigenvalue weighted by atomic mass is 9.83. The number of benzene rings is 1. The van der Waals surface area contributed by atoms with E-state index in [1.807, 2.05) is 0 Å². The van der Waals surface area contributed by atoms with Gasteiger partial charge >= 0.3 is 0 Å². The minimum Gasteiger partial charge on any atom is -0.0590 e. The largest absolute Gasteiger partial charge is 0.0590 e. The Morgan fingerprint density at radius 2 is 1.67 bits per heavy atom. The van der Waals surface area contributed by atoms with Crippen LogP contribution in [0.4, 0.5) is 0 Å². The van der Waals surface area contributed by atoms with Gasteiger partial charge in [0.05, 0.1) is 0 Å². The minimum atomic E-state index is 0.744. The van der Waals surface area contributed by atoms with E-state index in [-0.39, 0.29) is 0 Å². The van der Waals surface area contributed by atoms with Crippen molar-refractivity contribution < 1.29 is 0 Å². The van der Waals surface area contributed by atoms with E-state index in [9.17, 15) is 0 Å². The van der Waals surface area contributed by atoms with Gasteiger partial charge in [0, 0.05) is 0 Å². The van der Waals surface area contributed by atoms with Crippen LogP contribution in [0.2, 0.25) is 0 Å². The summed E-state index contributed by atoms with van der Waals surface area (Å²) in [6.45, 7) is 2.17. The molecule has 0 heterocycles. The fourth-order valence-corrected chi connectivity index (χ4v) is 3.43. The molecule has 0 aromatic heterocycles. The van der Waals surface area contributed by atoms with E-state index < -0.39 is 0 Å². The Morgan fingerprint density at radius 3 is 2.33 bits per heavy atom. The first-order valence-corrected chi connectivity index (χ1v) is 6.37. The quantitative estimate of drug-likeness (QED) is 0.629. The van der Waals surface area contributed by atoms with Gasteiger partial charge in [0.2, 0.25) is 0 Å². The standard InChI is InChI=1S/C15H20/c1-12-5-7-13(8-6-12)14-11-15(14)9-3-2-4-10-15/h5-8,14H,2-4,9-11H2,1H3. The van der Waals surface area contributed by atoms with Crippen molar-refractivity contribution in [3.05, 3.63) is 35.4 Å². The van der Waals surface area contributed by atoms with Crippen LogP contribution < -0.4 is 0 Å². The maximum absolute atomic E-state index is 2.35. The molecule has 2 fully saturated rings. The molecule has 2 aliphatic carbocycles. The van der Waals surface area contributed by atoms with Crippen molar-refractivity contribution in [1.29, 1.82) is 0 Å². The lowest BCUT2D eigenvalue weighted by Gasteiger charge is -2.22. The van der Waals surface area contributed by atoms with Crippen LogP contribution in [-0.4, -0.2) is 0 Å². The molecule has 15 heavy (non-hydrogen) atoms. The highest BCUT2D eigenvalue weighted by atomic mass is 14.6. The lowest BCUT2D eigenvalue weighted by molar-refractivity contribution is 0.326. The second kappa shape index (κ2) is 3.37. The third-order valence-electron chi connectivity index (χ3n) is 4.52. The first-order valence-electron chi connectivity index (χ1n) is 6.37. The van der Waals surface area contributed by atoms with Crippen LogP contribution >= 0.6 is 0 Å². The molecule has 0 nitrogen and oxygen atoms in total. The van der Waals surface area contributed by atoms with Crippen molar-refractivity contribution >= 4 is 0 Å². The summed E-state index contributed by atoms with van der Waals surface area (Å²) < 4.78 is 0. The zero-order valence-electron chi connectivity index (χ0n) is 9.63. The highest BCUT2D eigenvalue weighted by Crippen LogP contribution is 2.66. The van der Waals surface area contributed by atoms with Crippen LogP contribution in [0.1, 0.15) is 55.6 Å². The van der Waals surface area contributed by atoms with Gasteiger partial charge in [-0.2, -0.15) is 0 Å². The van der Waals surface area contributed by atoms with E-state index in [1.165, 1.54) is 44.1 Å². The van der Waals surface area contributed by atoms with Gasteiger partial charge in [-0.25, -0.2) is 0 Å². The molecule has 2 saturated carbocycles. The van der Waals surface area contributed by atoms with Crippen LogP contribution in [0.5, 0.6) is 0 Å². The Labute approximate surface area is 92.7 Å². The molecule has 1 atom stereocenters. The van der Waals surface area contributed by atoms with E-state index in [0.717, 1.165) is 11.3 Å². The zero-order chi connectivity index (χ0) is 10.3. The van der Waals surface area contributed by atoms with Gasteiger partial charge in [-0.15, -0.1) is 0 Å². The summed E-state index contributed by atoms with van der Waals surface area (Å²) in [5.74, 6) is 0.901. The first kappa shape index (κ1) is 9.45. The molecule has 3 rings (SSSR count). The molecule has 0 radical (unpaired) electrons. The van der Waals surface area contributed by atoms with Crippen molar-refractivity contribution in [2.24, 2.45) is 5.41 Å². The van der Waals surface area contributed by atoms with Gasteiger partial charge in [-0.3, -0.25) is 0 Å². The topological polar surface area (TPSA) is 0 Å². The van der Waals surface area contributed by atoms with Crippen LogP contribution in [0.3, 0.4) is 0 Å². The summed E-state index contributed by atoms with van der Waals surface area (Å²) >= 11 is 0. The molecule has 80 valence electrons. The average molecular weight is 200 g/mol. The lowest BCUT2D eigenvalue weighted by Crippen LogP contribution is -2.08. The second-order valence-corrected chi connectivity index (χ2v) is 5.59.